The first kappa shape index (κ1) is 17.2. The number of hydrogen-bond acceptors (Lipinski definition) is 3. The minimum absolute atomic E-state index is 0.0577. The zero-order valence-electron chi connectivity index (χ0n) is 15.1. The molecule has 0 radical (unpaired) electrons. The Labute approximate surface area is 139 Å². The Hall–Kier alpha value is -2.16. The van der Waals surface area contributed by atoms with Gasteiger partial charge in [-0.05, 0) is 47.7 Å². The Morgan fingerprint density at radius 2 is 1.39 bits per heavy atom. The quantitative estimate of drug-likeness (QED) is 0.796. The Morgan fingerprint density at radius 1 is 0.739 bits per heavy atom. The van der Waals surface area contributed by atoms with Crippen molar-refractivity contribution in [3.8, 4) is 28.4 Å². The summed E-state index contributed by atoms with van der Waals surface area (Å²) in [7, 11) is 5.01. The highest BCUT2D eigenvalue weighted by Gasteiger charge is 2.20. The van der Waals surface area contributed by atoms with Gasteiger partial charge in [0.15, 0.2) is 11.5 Å². The molecule has 23 heavy (non-hydrogen) atoms. The van der Waals surface area contributed by atoms with E-state index in [0.29, 0.717) is 0 Å². The first-order valence-corrected chi connectivity index (χ1v) is 7.73. The molecule has 0 aromatic heterocycles. The van der Waals surface area contributed by atoms with Crippen molar-refractivity contribution in [1.82, 2.24) is 0 Å². The van der Waals surface area contributed by atoms with Crippen molar-refractivity contribution < 1.29 is 14.2 Å². The molecule has 0 fully saturated rings. The van der Waals surface area contributed by atoms with Crippen LogP contribution in [0.25, 0.3) is 11.1 Å². The maximum atomic E-state index is 5.62. The highest BCUT2D eigenvalue weighted by molar-refractivity contribution is 5.79. The van der Waals surface area contributed by atoms with Gasteiger partial charge in [0.25, 0.3) is 0 Å². The fraction of sp³-hybridized carbons (Fsp3) is 0.400. The molecule has 0 heterocycles. The fourth-order valence-corrected chi connectivity index (χ4v) is 2.69. The molecule has 0 aliphatic carbocycles. The molecule has 0 saturated heterocycles. The molecular weight excluding hydrogens is 288 g/mol. The largest absolute Gasteiger partial charge is 0.496 e. The van der Waals surface area contributed by atoms with Gasteiger partial charge >= 0.3 is 0 Å². The summed E-state index contributed by atoms with van der Waals surface area (Å²) in [4.78, 5) is 0. The molecular formula is C20H26O3. The van der Waals surface area contributed by atoms with Crippen LogP contribution in [0.3, 0.4) is 0 Å². The Bertz CT molecular complexity index is 697. The molecule has 0 spiro atoms. The van der Waals surface area contributed by atoms with Crippen molar-refractivity contribution in [3.63, 3.8) is 0 Å². The average molecular weight is 314 g/mol. The number of methoxy groups -OCH3 is 3. The first-order valence-electron chi connectivity index (χ1n) is 7.73. The van der Waals surface area contributed by atoms with Crippen molar-refractivity contribution >= 4 is 0 Å². The number of aryl methyl sites for hydroxylation is 1. The first-order chi connectivity index (χ1) is 10.8. The van der Waals surface area contributed by atoms with Crippen LogP contribution in [0.5, 0.6) is 17.2 Å². The third kappa shape index (κ3) is 3.44. The Balaban J connectivity index is 2.77. The molecule has 0 saturated carbocycles. The van der Waals surface area contributed by atoms with Gasteiger partial charge in [0.05, 0.1) is 21.3 Å². The summed E-state index contributed by atoms with van der Waals surface area (Å²) in [6.45, 7) is 8.65. The van der Waals surface area contributed by atoms with E-state index in [1.165, 1.54) is 5.56 Å². The highest BCUT2D eigenvalue weighted by Crippen LogP contribution is 2.43. The van der Waals surface area contributed by atoms with Crippen LogP contribution in [0.2, 0.25) is 0 Å². The molecule has 0 atom stereocenters. The van der Waals surface area contributed by atoms with Crippen LogP contribution >= 0.6 is 0 Å². The minimum atomic E-state index is 0.0577. The second-order valence-corrected chi connectivity index (χ2v) is 6.71. The predicted molar refractivity (Wildman–Crippen MR) is 95.0 cm³/mol. The summed E-state index contributed by atoms with van der Waals surface area (Å²) in [5.74, 6) is 2.28. The Morgan fingerprint density at radius 3 is 1.91 bits per heavy atom. The van der Waals surface area contributed by atoms with Gasteiger partial charge in [0, 0.05) is 11.1 Å². The molecule has 3 nitrogen and oxygen atoms in total. The van der Waals surface area contributed by atoms with Crippen LogP contribution in [-0.2, 0) is 5.41 Å². The molecule has 0 amide bonds. The van der Waals surface area contributed by atoms with E-state index in [4.69, 9.17) is 14.2 Å². The van der Waals surface area contributed by atoms with E-state index in [1.54, 1.807) is 21.3 Å². The van der Waals surface area contributed by atoms with Crippen molar-refractivity contribution in [2.75, 3.05) is 21.3 Å². The van der Waals surface area contributed by atoms with Gasteiger partial charge in [0.2, 0.25) is 0 Å². The highest BCUT2D eigenvalue weighted by atomic mass is 16.5. The molecule has 2 rings (SSSR count). The third-order valence-corrected chi connectivity index (χ3v) is 3.98. The standard InChI is InChI=1S/C20H26O3/c1-13-10-16(19(23-7)18(11-13)22-6)15-12-14(20(2,3)4)8-9-17(15)21-5/h8-12H,1-7H3. The minimum Gasteiger partial charge on any atom is -0.496 e. The van der Waals surface area contributed by atoms with Crippen LogP contribution in [0.15, 0.2) is 30.3 Å². The van der Waals surface area contributed by atoms with E-state index >= 15 is 0 Å². The lowest BCUT2D eigenvalue weighted by Gasteiger charge is -2.22. The van der Waals surface area contributed by atoms with Crippen LogP contribution in [0, 0.1) is 6.92 Å². The van der Waals surface area contributed by atoms with E-state index in [1.807, 2.05) is 19.1 Å². The van der Waals surface area contributed by atoms with Crippen LogP contribution in [-0.4, -0.2) is 21.3 Å². The van der Waals surface area contributed by atoms with Crippen LogP contribution in [0.1, 0.15) is 31.9 Å². The van der Waals surface area contributed by atoms with Gasteiger partial charge in [0.1, 0.15) is 5.75 Å². The van der Waals surface area contributed by atoms with Gasteiger partial charge < -0.3 is 14.2 Å². The molecule has 124 valence electrons. The maximum Gasteiger partial charge on any atom is 0.168 e. The lowest BCUT2D eigenvalue weighted by Crippen LogP contribution is -2.11. The van der Waals surface area contributed by atoms with Crippen LogP contribution < -0.4 is 14.2 Å². The predicted octanol–water partition coefficient (Wildman–Crippen LogP) is 4.99. The van der Waals surface area contributed by atoms with E-state index in [-0.39, 0.29) is 5.41 Å². The van der Waals surface area contributed by atoms with Gasteiger partial charge in [-0.1, -0.05) is 26.8 Å². The third-order valence-electron chi connectivity index (χ3n) is 3.98. The lowest BCUT2D eigenvalue weighted by molar-refractivity contribution is 0.355. The molecule has 2 aromatic carbocycles. The molecule has 0 unspecified atom stereocenters. The summed E-state index contributed by atoms with van der Waals surface area (Å²) < 4.78 is 16.7. The van der Waals surface area contributed by atoms with Gasteiger partial charge in [-0.2, -0.15) is 0 Å². The SMILES string of the molecule is COc1ccc(C(C)(C)C)cc1-c1cc(C)cc(OC)c1OC. The van der Waals surface area contributed by atoms with Crippen molar-refractivity contribution in [2.24, 2.45) is 0 Å². The zero-order valence-corrected chi connectivity index (χ0v) is 15.1. The number of ether oxygens (including phenoxy) is 3. The molecule has 0 aliphatic rings. The smallest absolute Gasteiger partial charge is 0.168 e. The average Bonchev–Trinajstić information content (AvgIpc) is 2.52. The molecule has 0 bridgehead atoms. The van der Waals surface area contributed by atoms with E-state index in [9.17, 15) is 0 Å². The monoisotopic (exact) mass is 314 g/mol. The molecule has 3 heteroatoms. The summed E-state index contributed by atoms with van der Waals surface area (Å²) in [6.07, 6.45) is 0. The second-order valence-electron chi connectivity index (χ2n) is 6.71. The summed E-state index contributed by atoms with van der Waals surface area (Å²) >= 11 is 0. The van der Waals surface area contributed by atoms with Crippen molar-refractivity contribution in [2.45, 2.75) is 33.1 Å². The van der Waals surface area contributed by atoms with Crippen LogP contribution in [0.4, 0.5) is 0 Å². The number of benzene rings is 2. The number of rotatable bonds is 4. The Kier molecular flexibility index (Phi) is 4.88. The maximum absolute atomic E-state index is 5.62. The van der Waals surface area contributed by atoms with Gasteiger partial charge in [-0.15, -0.1) is 0 Å². The normalized spacial score (nSPS) is 11.3. The topological polar surface area (TPSA) is 27.7 Å². The van der Waals surface area contributed by atoms with Gasteiger partial charge in [-0.3, -0.25) is 0 Å². The number of hydrogen-bond donors (Lipinski definition) is 0. The molecule has 0 N–H and O–H groups in total. The fourth-order valence-electron chi connectivity index (χ4n) is 2.69. The zero-order chi connectivity index (χ0) is 17.2. The van der Waals surface area contributed by atoms with E-state index < -0.39 is 0 Å². The molecule has 2 aromatic rings. The lowest BCUT2D eigenvalue weighted by atomic mass is 9.85. The van der Waals surface area contributed by atoms with Crippen molar-refractivity contribution in [3.05, 3.63) is 41.5 Å². The summed E-state index contributed by atoms with van der Waals surface area (Å²) in [6, 6.07) is 10.4. The van der Waals surface area contributed by atoms with Crippen molar-refractivity contribution in [1.29, 1.82) is 0 Å². The van der Waals surface area contributed by atoms with Gasteiger partial charge in [-0.25, -0.2) is 0 Å². The van der Waals surface area contributed by atoms with E-state index in [0.717, 1.165) is 33.9 Å². The summed E-state index contributed by atoms with van der Waals surface area (Å²) in [5.41, 5.74) is 4.41. The summed E-state index contributed by atoms with van der Waals surface area (Å²) in [5, 5.41) is 0. The second kappa shape index (κ2) is 6.53. The van der Waals surface area contributed by atoms with E-state index in [2.05, 4.69) is 39.0 Å². The molecule has 0 aliphatic heterocycles.